The quantitative estimate of drug-likeness (QED) is 0.550. The van der Waals surface area contributed by atoms with Crippen molar-refractivity contribution in [3.63, 3.8) is 0 Å². The summed E-state index contributed by atoms with van der Waals surface area (Å²) in [6.45, 7) is 7.16. The van der Waals surface area contributed by atoms with Crippen LogP contribution in [0.3, 0.4) is 0 Å². The van der Waals surface area contributed by atoms with Crippen LogP contribution in [0, 0.1) is 0 Å². The zero-order valence-corrected chi connectivity index (χ0v) is 12.2. The van der Waals surface area contributed by atoms with Crippen LogP contribution in [-0.4, -0.2) is 42.8 Å². The van der Waals surface area contributed by atoms with Crippen LogP contribution >= 0.6 is 0 Å². The molecule has 7 heteroatoms. The number of hydrogen-bond acceptors (Lipinski definition) is 7. The Hall–Kier alpha value is -2.31. The topological polar surface area (TPSA) is 88.1 Å². The molecule has 0 saturated heterocycles. The van der Waals surface area contributed by atoms with Crippen LogP contribution in [0.4, 0.5) is 0 Å². The molecule has 0 saturated carbocycles. The van der Waals surface area contributed by atoms with Gasteiger partial charge in [-0.1, -0.05) is 12.7 Å². The molecule has 0 aromatic rings. The van der Waals surface area contributed by atoms with Crippen molar-refractivity contribution in [1.82, 2.24) is 0 Å². The molecule has 7 nitrogen and oxygen atoms in total. The van der Waals surface area contributed by atoms with Gasteiger partial charge in [0.15, 0.2) is 18.3 Å². The van der Waals surface area contributed by atoms with Gasteiger partial charge < -0.3 is 18.9 Å². The Bertz CT molecular complexity index is 466. The molecule has 1 aliphatic rings. The number of esters is 3. The number of carbonyl (C=O) groups is 3. The third kappa shape index (κ3) is 4.94. The van der Waals surface area contributed by atoms with Gasteiger partial charge in [0, 0.05) is 26.3 Å². The molecule has 116 valence electrons. The van der Waals surface area contributed by atoms with Crippen molar-refractivity contribution < 1.29 is 33.3 Å². The highest BCUT2D eigenvalue weighted by Crippen LogP contribution is 2.26. The Morgan fingerprint density at radius 1 is 1.19 bits per heavy atom. The van der Waals surface area contributed by atoms with Crippen LogP contribution in [0.1, 0.15) is 20.8 Å². The van der Waals surface area contributed by atoms with E-state index >= 15 is 0 Å². The highest BCUT2D eigenvalue weighted by atomic mass is 16.6. The summed E-state index contributed by atoms with van der Waals surface area (Å²) < 4.78 is 20.6. The Labute approximate surface area is 122 Å². The van der Waals surface area contributed by atoms with E-state index in [1.54, 1.807) is 0 Å². The third-order valence-electron chi connectivity index (χ3n) is 2.65. The van der Waals surface area contributed by atoms with Crippen molar-refractivity contribution in [3.05, 3.63) is 24.5 Å². The van der Waals surface area contributed by atoms with Crippen LogP contribution in [0.5, 0.6) is 0 Å². The molecule has 1 heterocycles. The summed E-state index contributed by atoms with van der Waals surface area (Å²) in [5.41, 5.74) is 0.454. The average molecular weight is 298 g/mol. The lowest BCUT2D eigenvalue weighted by Gasteiger charge is -2.35. The van der Waals surface area contributed by atoms with Gasteiger partial charge in [0.25, 0.3) is 0 Å². The summed E-state index contributed by atoms with van der Waals surface area (Å²) in [6, 6.07) is 0. The van der Waals surface area contributed by atoms with Crippen LogP contribution in [-0.2, 0) is 33.3 Å². The third-order valence-corrected chi connectivity index (χ3v) is 2.65. The highest BCUT2D eigenvalue weighted by molar-refractivity contribution is 5.68. The molecule has 1 aliphatic heterocycles. The van der Waals surface area contributed by atoms with Crippen molar-refractivity contribution >= 4 is 17.9 Å². The van der Waals surface area contributed by atoms with Crippen LogP contribution < -0.4 is 0 Å². The van der Waals surface area contributed by atoms with E-state index in [1.807, 2.05) is 0 Å². The minimum Gasteiger partial charge on any atom is -0.490 e. The van der Waals surface area contributed by atoms with Crippen LogP contribution in [0.15, 0.2) is 24.5 Å². The fourth-order valence-electron chi connectivity index (χ4n) is 1.84. The minimum atomic E-state index is -0.927. The standard InChI is InChI=1S/C14H18O7/c1-5-11-6-19-12(7-18-8(2)15)14(21-10(4)17)13(11)20-9(3)16/h5-6,12-14H,1,7H2,2-4H3/t12-,13-,14-/m1/s1. The SMILES string of the molecule is C=CC1=CO[C@H](COC(C)=O)[C@@H](OC(C)=O)[C@@H]1OC(C)=O. The summed E-state index contributed by atoms with van der Waals surface area (Å²) in [4.78, 5) is 33.4. The molecule has 3 atom stereocenters. The number of carbonyl (C=O) groups excluding carboxylic acids is 3. The maximum Gasteiger partial charge on any atom is 0.303 e. The summed E-state index contributed by atoms with van der Waals surface area (Å²) in [5, 5.41) is 0. The molecule has 0 radical (unpaired) electrons. The first-order chi connectivity index (χ1) is 9.85. The molecule has 0 amide bonds. The molecule has 0 bridgehead atoms. The molecule has 1 rings (SSSR count). The minimum absolute atomic E-state index is 0.133. The lowest BCUT2D eigenvalue weighted by Crippen LogP contribution is -2.49. The molecule has 0 fully saturated rings. The molecule has 0 aliphatic carbocycles. The Kier molecular flexibility index (Phi) is 5.95. The molecule has 0 aromatic carbocycles. The second-order valence-corrected chi connectivity index (χ2v) is 4.40. The van der Waals surface area contributed by atoms with E-state index in [9.17, 15) is 14.4 Å². The van der Waals surface area contributed by atoms with Gasteiger partial charge in [-0.2, -0.15) is 0 Å². The molecule has 21 heavy (non-hydrogen) atoms. The predicted octanol–water partition coefficient (Wildman–Crippen LogP) is 0.882. The van der Waals surface area contributed by atoms with Crippen molar-refractivity contribution in [2.75, 3.05) is 6.61 Å². The Balaban J connectivity index is 3.00. The van der Waals surface area contributed by atoms with E-state index in [-0.39, 0.29) is 6.61 Å². The maximum atomic E-state index is 11.3. The first-order valence-corrected chi connectivity index (χ1v) is 6.31. The largest absolute Gasteiger partial charge is 0.490 e. The van der Waals surface area contributed by atoms with Crippen molar-refractivity contribution in [1.29, 1.82) is 0 Å². The summed E-state index contributed by atoms with van der Waals surface area (Å²) >= 11 is 0. The van der Waals surface area contributed by atoms with Crippen LogP contribution in [0.2, 0.25) is 0 Å². The zero-order valence-electron chi connectivity index (χ0n) is 12.2. The van der Waals surface area contributed by atoms with Gasteiger partial charge in [0.2, 0.25) is 0 Å². The van der Waals surface area contributed by atoms with Gasteiger partial charge in [-0.05, 0) is 0 Å². The molecule has 0 aromatic heterocycles. The fraction of sp³-hybridized carbons (Fsp3) is 0.500. The number of ether oxygens (including phenoxy) is 4. The van der Waals surface area contributed by atoms with E-state index in [0.29, 0.717) is 5.57 Å². The average Bonchev–Trinajstić information content (AvgIpc) is 2.37. The first kappa shape index (κ1) is 16.7. The lowest BCUT2D eigenvalue weighted by atomic mass is 9.98. The summed E-state index contributed by atoms with van der Waals surface area (Å²) in [5.74, 6) is -1.61. The van der Waals surface area contributed by atoms with Crippen molar-refractivity contribution in [2.45, 2.75) is 39.1 Å². The second kappa shape index (κ2) is 7.47. The van der Waals surface area contributed by atoms with E-state index in [4.69, 9.17) is 18.9 Å². The maximum absolute atomic E-state index is 11.3. The normalized spacial score (nSPS) is 24.1. The smallest absolute Gasteiger partial charge is 0.303 e. The zero-order chi connectivity index (χ0) is 16.0. The van der Waals surface area contributed by atoms with Crippen molar-refractivity contribution in [2.24, 2.45) is 0 Å². The first-order valence-electron chi connectivity index (χ1n) is 6.31. The highest BCUT2D eigenvalue weighted by Gasteiger charge is 2.41. The molecular weight excluding hydrogens is 280 g/mol. The van der Waals surface area contributed by atoms with Gasteiger partial charge in [-0.3, -0.25) is 14.4 Å². The predicted molar refractivity (Wildman–Crippen MR) is 70.9 cm³/mol. The number of hydrogen-bond donors (Lipinski definition) is 0. The van der Waals surface area contributed by atoms with E-state index in [0.717, 1.165) is 0 Å². The second-order valence-electron chi connectivity index (χ2n) is 4.40. The van der Waals surface area contributed by atoms with Gasteiger partial charge in [-0.25, -0.2) is 0 Å². The summed E-state index contributed by atoms with van der Waals surface area (Å²) in [7, 11) is 0. The summed E-state index contributed by atoms with van der Waals surface area (Å²) in [6.07, 6.45) is 0.216. The Morgan fingerprint density at radius 2 is 1.81 bits per heavy atom. The van der Waals surface area contributed by atoms with Gasteiger partial charge >= 0.3 is 17.9 Å². The van der Waals surface area contributed by atoms with Crippen molar-refractivity contribution in [3.8, 4) is 0 Å². The Morgan fingerprint density at radius 3 is 2.29 bits per heavy atom. The van der Waals surface area contributed by atoms with E-state index in [1.165, 1.54) is 33.1 Å². The van der Waals surface area contributed by atoms with E-state index < -0.39 is 36.2 Å². The lowest BCUT2D eigenvalue weighted by molar-refractivity contribution is -0.180. The monoisotopic (exact) mass is 298 g/mol. The number of rotatable bonds is 5. The fourth-order valence-corrected chi connectivity index (χ4v) is 1.84. The van der Waals surface area contributed by atoms with Gasteiger partial charge in [0.05, 0.1) is 6.26 Å². The molecule has 0 spiro atoms. The van der Waals surface area contributed by atoms with E-state index in [2.05, 4.69) is 6.58 Å². The molecular formula is C14H18O7. The molecule has 0 N–H and O–H groups in total. The van der Waals surface area contributed by atoms with Gasteiger partial charge in [-0.15, -0.1) is 0 Å². The van der Waals surface area contributed by atoms with Gasteiger partial charge in [0.1, 0.15) is 6.61 Å². The van der Waals surface area contributed by atoms with Crippen LogP contribution in [0.25, 0.3) is 0 Å². The molecule has 0 unspecified atom stereocenters.